The first-order valence-electron chi connectivity index (χ1n) is 8.94. The van der Waals surface area contributed by atoms with Crippen molar-refractivity contribution >= 4 is 23.6 Å². The fourth-order valence-corrected chi connectivity index (χ4v) is 5.40. The molecule has 0 radical (unpaired) electrons. The molecule has 6 heteroatoms. The zero-order chi connectivity index (χ0) is 19.2. The number of benzene rings is 2. The second-order valence-electron chi connectivity index (χ2n) is 7.33. The van der Waals surface area contributed by atoms with Gasteiger partial charge in [0, 0.05) is 0 Å². The maximum absolute atomic E-state index is 13.4. The number of hydrogen-bond acceptors (Lipinski definition) is 5. The highest BCUT2D eigenvalue weighted by atomic mass is 32.2. The molecule has 2 N–H and O–H groups in total. The van der Waals surface area contributed by atoms with E-state index in [9.17, 15) is 9.59 Å². The Balaban J connectivity index is 1.69. The molecule has 1 amide bonds. The van der Waals surface area contributed by atoms with Crippen molar-refractivity contribution in [1.82, 2.24) is 4.90 Å². The number of amides is 1. The summed E-state index contributed by atoms with van der Waals surface area (Å²) in [6, 6.07) is 19.2. The molecule has 0 bridgehead atoms. The first kappa shape index (κ1) is 18.1. The van der Waals surface area contributed by atoms with E-state index < -0.39 is 22.5 Å². The molecule has 2 unspecified atom stereocenters. The molecule has 0 aromatic heterocycles. The quantitative estimate of drug-likeness (QED) is 0.650. The Kier molecular flexibility index (Phi) is 4.28. The molecule has 2 fully saturated rings. The van der Waals surface area contributed by atoms with Gasteiger partial charge in [0.05, 0.1) is 16.7 Å². The van der Waals surface area contributed by atoms with E-state index in [1.54, 1.807) is 18.7 Å². The van der Waals surface area contributed by atoms with Crippen molar-refractivity contribution in [2.24, 2.45) is 5.73 Å². The van der Waals surface area contributed by atoms with Crippen LogP contribution in [0.5, 0.6) is 0 Å². The smallest absolute Gasteiger partial charge is 0.335 e. The highest BCUT2D eigenvalue weighted by Gasteiger charge is 2.68. The minimum absolute atomic E-state index is 0.0582. The topological polar surface area (TPSA) is 72.6 Å². The molecule has 2 aromatic carbocycles. The minimum atomic E-state index is -1.21. The number of carbonyl (C=O) groups excluding carboxylic acids is 2. The lowest BCUT2D eigenvalue weighted by Crippen LogP contribution is -2.68. The molecule has 2 heterocycles. The summed E-state index contributed by atoms with van der Waals surface area (Å²) in [7, 11) is 0. The van der Waals surface area contributed by atoms with Gasteiger partial charge in [-0.1, -0.05) is 60.7 Å². The minimum Gasteiger partial charge on any atom is -0.451 e. The largest absolute Gasteiger partial charge is 0.451 e. The number of nitrogens with zero attached hydrogens (tertiary/aromatic N) is 1. The van der Waals surface area contributed by atoms with Crippen LogP contribution in [-0.2, 0) is 14.3 Å². The van der Waals surface area contributed by atoms with Gasteiger partial charge in [-0.2, -0.15) is 0 Å². The standard InChI is InChI=1S/C21H22N2O3S/c1-20(21(2,22)27-17-13-16(24)23(17)20)19(25)26-18(14-9-5-3-6-10-14)15-11-7-4-8-12-15/h3-12,17-18H,13,22H2,1-2H3/t17-,20?,21?/m1/s1. The van der Waals surface area contributed by atoms with E-state index in [0.29, 0.717) is 6.42 Å². The second-order valence-corrected chi connectivity index (χ2v) is 8.95. The van der Waals surface area contributed by atoms with E-state index in [1.807, 2.05) is 60.7 Å². The van der Waals surface area contributed by atoms with Crippen LogP contribution in [-0.4, -0.2) is 32.6 Å². The molecule has 0 aliphatic carbocycles. The number of ether oxygens (including phenoxy) is 1. The molecule has 0 saturated carbocycles. The molecular formula is C21H22N2O3S. The molecule has 2 aromatic rings. The van der Waals surface area contributed by atoms with E-state index >= 15 is 0 Å². The highest BCUT2D eigenvalue weighted by Crippen LogP contribution is 2.55. The summed E-state index contributed by atoms with van der Waals surface area (Å²) in [4.78, 5) is 26.2. The highest BCUT2D eigenvalue weighted by molar-refractivity contribution is 8.01. The van der Waals surface area contributed by atoms with Gasteiger partial charge in [-0.25, -0.2) is 4.79 Å². The maximum atomic E-state index is 13.4. The summed E-state index contributed by atoms with van der Waals surface area (Å²) >= 11 is 1.46. The SMILES string of the molecule is CC1(N)S[C@@H]2CC(=O)N2C1(C)C(=O)OC(c1ccccc1)c1ccccc1. The van der Waals surface area contributed by atoms with Crippen molar-refractivity contribution in [2.45, 2.75) is 42.2 Å². The fraction of sp³-hybridized carbons (Fsp3) is 0.333. The summed E-state index contributed by atoms with van der Waals surface area (Å²) in [6.45, 7) is 3.51. The number of fused-ring (bicyclic) bond motifs is 1. The summed E-state index contributed by atoms with van der Waals surface area (Å²) in [5.41, 5.74) is 7.00. The lowest BCUT2D eigenvalue weighted by molar-refractivity contribution is -0.174. The van der Waals surface area contributed by atoms with E-state index in [0.717, 1.165) is 11.1 Å². The van der Waals surface area contributed by atoms with Crippen molar-refractivity contribution < 1.29 is 14.3 Å². The molecule has 2 aliphatic heterocycles. The number of rotatable bonds is 4. The van der Waals surface area contributed by atoms with Crippen LogP contribution in [0.1, 0.15) is 37.5 Å². The van der Waals surface area contributed by atoms with Crippen molar-refractivity contribution in [3.63, 3.8) is 0 Å². The van der Waals surface area contributed by atoms with Crippen LogP contribution in [0.15, 0.2) is 60.7 Å². The Bertz CT molecular complexity index is 832. The lowest BCUT2D eigenvalue weighted by atomic mass is 9.88. The summed E-state index contributed by atoms with van der Waals surface area (Å²) < 4.78 is 6.02. The van der Waals surface area contributed by atoms with E-state index in [4.69, 9.17) is 10.5 Å². The molecule has 2 saturated heterocycles. The van der Waals surface area contributed by atoms with Gasteiger partial charge in [0.25, 0.3) is 0 Å². The van der Waals surface area contributed by atoms with Gasteiger partial charge in [0.1, 0.15) is 0 Å². The molecular weight excluding hydrogens is 360 g/mol. The van der Waals surface area contributed by atoms with Crippen LogP contribution in [0.3, 0.4) is 0 Å². The number of esters is 1. The third-order valence-electron chi connectivity index (χ3n) is 5.56. The lowest BCUT2D eigenvalue weighted by Gasteiger charge is -2.45. The average Bonchev–Trinajstić information content (AvgIpc) is 2.83. The van der Waals surface area contributed by atoms with Gasteiger partial charge in [0.2, 0.25) is 5.91 Å². The summed E-state index contributed by atoms with van der Waals surface area (Å²) in [5.74, 6) is -0.537. The number of carbonyl (C=O) groups is 2. The Morgan fingerprint density at radius 2 is 1.63 bits per heavy atom. The van der Waals surface area contributed by atoms with Gasteiger partial charge in [-0.15, -0.1) is 11.8 Å². The van der Waals surface area contributed by atoms with Crippen LogP contribution in [0.25, 0.3) is 0 Å². The Morgan fingerprint density at radius 1 is 1.11 bits per heavy atom. The number of β-lactam (4-membered cyclic amide) rings is 1. The Labute approximate surface area is 162 Å². The van der Waals surface area contributed by atoms with Crippen LogP contribution in [0, 0.1) is 0 Å². The molecule has 140 valence electrons. The third kappa shape index (κ3) is 2.75. The van der Waals surface area contributed by atoms with E-state index in [2.05, 4.69) is 0 Å². The molecule has 4 rings (SSSR count). The predicted molar refractivity (Wildman–Crippen MR) is 105 cm³/mol. The Morgan fingerprint density at radius 3 is 2.11 bits per heavy atom. The monoisotopic (exact) mass is 382 g/mol. The van der Waals surface area contributed by atoms with Crippen LogP contribution in [0.2, 0.25) is 0 Å². The number of thioether (sulfide) groups is 1. The fourth-order valence-electron chi connectivity index (χ4n) is 3.76. The van der Waals surface area contributed by atoms with Crippen molar-refractivity contribution in [3.05, 3.63) is 71.8 Å². The predicted octanol–water partition coefficient (Wildman–Crippen LogP) is 3.06. The third-order valence-corrected chi connectivity index (χ3v) is 7.10. The summed E-state index contributed by atoms with van der Waals surface area (Å²) in [6.07, 6.45) is -0.144. The zero-order valence-electron chi connectivity index (χ0n) is 15.3. The normalized spacial score (nSPS) is 29.4. The van der Waals surface area contributed by atoms with Gasteiger partial charge in [-0.05, 0) is 25.0 Å². The summed E-state index contributed by atoms with van der Waals surface area (Å²) in [5, 5.41) is -0.0584. The second kappa shape index (κ2) is 6.39. The Hall–Kier alpha value is -2.31. The van der Waals surface area contributed by atoms with Gasteiger partial charge < -0.3 is 15.4 Å². The van der Waals surface area contributed by atoms with Crippen molar-refractivity contribution in [1.29, 1.82) is 0 Å². The molecule has 27 heavy (non-hydrogen) atoms. The van der Waals surface area contributed by atoms with E-state index in [1.165, 1.54) is 11.8 Å². The van der Waals surface area contributed by atoms with Gasteiger partial charge >= 0.3 is 5.97 Å². The first-order chi connectivity index (χ1) is 12.8. The van der Waals surface area contributed by atoms with Crippen LogP contribution in [0.4, 0.5) is 0 Å². The van der Waals surface area contributed by atoms with Crippen molar-refractivity contribution in [2.75, 3.05) is 0 Å². The molecule has 5 nitrogen and oxygen atoms in total. The van der Waals surface area contributed by atoms with Crippen LogP contribution < -0.4 is 5.73 Å². The van der Waals surface area contributed by atoms with Gasteiger partial charge in [-0.3, -0.25) is 4.79 Å². The van der Waals surface area contributed by atoms with Crippen LogP contribution >= 0.6 is 11.8 Å². The molecule has 0 spiro atoms. The zero-order valence-corrected chi connectivity index (χ0v) is 16.1. The molecule has 3 atom stereocenters. The first-order valence-corrected chi connectivity index (χ1v) is 9.82. The maximum Gasteiger partial charge on any atom is 0.335 e. The average molecular weight is 382 g/mol. The van der Waals surface area contributed by atoms with Gasteiger partial charge in [0.15, 0.2) is 11.6 Å². The number of nitrogens with two attached hydrogens (primary N) is 1. The number of hydrogen-bond donors (Lipinski definition) is 1. The van der Waals surface area contributed by atoms with E-state index in [-0.39, 0.29) is 11.3 Å². The molecule has 2 aliphatic rings. The van der Waals surface area contributed by atoms with Crippen molar-refractivity contribution in [3.8, 4) is 0 Å².